The first-order chi connectivity index (χ1) is 14.6. The van der Waals surface area contributed by atoms with Gasteiger partial charge in [0.25, 0.3) is 0 Å². The van der Waals surface area contributed by atoms with Gasteiger partial charge in [0, 0.05) is 29.7 Å². The van der Waals surface area contributed by atoms with E-state index in [0.29, 0.717) is 11.7 Å². The molecule has 0 aliphatic heterocycles. The summed E-state index contributed by atoms with van der Waals surface area (Å²) in [5.74, 6) is -0.0135. The zero-order valence-corrected chi connectivity index (χ0v) is 18.0. The molecule has 1 heterocycles. The molecule has 0 atom stereocenters. The average molecular weight is 436 g/mol. The zero-order valence-electron chi connectivity index (χ0n) is 18.0. The largest absolute Gasteiger partial charge is 0.418 e. The molecule has 0 spiro atoms. The second-order valence-corrected chi connectivity index (χ2v) is 8.45. The number of rotatable bonds is 7. The van der Waals surface area contributed by atoms with Crippen LogP contribution in [0, 0.1) is 5.92 Å². The van der Waals surface area contributed by atoms with Crippen LogP contribution in [0.4, 0.5) is 23.4 Å². The second kappa shape index (κ2) is 9.71. The number of nitrogens with zero attached hydrogens (tertiary/aromatic N) is 1. The summed E-state index contributed by atoms with van der Waals surface area (Å²) in [6.45, 7) is 9.17. The van der Waals surface area contributed by atoms with Gasteiger partial charge in [-0.1, -0.05) is 45.4 Å². The number of hydrogen-bond donors (Lipinski definition) is 2. The van der Waals surface area contributed by atoms with Crippen LogP contribution in [0.2, 0.25) is 0 Å². The first-order valence-corrected chi connectivity index (χ1v) is 10.7. The lowest BCUT2D eigenvalue weighted by Gasteiger charge is -2.19. The predicted molar refractivity (Wildman–Crippen MR) is 117 cm³/mol. The Hall–Kier alpha value is -2.57. The maximum atomic E-state index is 14.1. The van der Waals surface area contributed by atoms with Crippen molar-refractivity contribution in [1.82, 2.24) is 10.3 Å². The van der Waals surface area contributed by atoms with Crippen LogP contribution in [0.3, 0.4) is 0 Å². The van der Waals surface area contributed by atoms with E-state index in [2.05, 4.69) is 36.0 Å². The number of nitrogens with one attached hydrogen (secondary N) is 2. The molecule has 0 aromatic carbocycles. The Labute approximate surface area is 181 Å². The number of anilines is 1. The van der Waals surface area contributed by atoms with Gasteiger partial charge in [0.1, 0.15) is 11.6 Å². The number of allylic oxidation sites excluding steroid dienone is 5. The van der Waals surface area contributed by atoms with Crippen LogP contribution >= 0.6 is 0 Å². The fourth-order valence-corrected chi connectivity index (χ4v) is 4.01. The number of aromatic nitrogens is 1. The van der Waals surface area contributed by atoms with E-state index in [1.165, 1.54) is 31.8 Å². The molecule has 3 rings (SSSR count). The third-order valence-corrected chi connectivity index (χ3v) is 5.74. The van der Waals surface area contributed by atoms with Gasteiger partial charge in [-0.2, -0.15) is 13.2 Å². The highest BCUT2D eigenvalue weighted by molar-refractivity contribution is 5.67. The van der Waals surface area contributed by atoms with Gasteiger partial charge in [0.05, 0.1) is 5.57 Å². The van der Waals surface area contributed by atoms with Crippen molar-refractivity contribution >= 4 is 11.5 Å². The lowest BCUT2D eigenvalue weighted by atomic mass is 9.97. The summed E-state index contributed by atoms with van der Waals surface area (Å²) in [6, 6.07) is 1.85. The number of alkyl halides is 3. The monoisotopic (exact) mass is 435 g/mol. The highest BCUT2D eigenvalue weighted by Crippen LogP contribution is 2.34. The van der Waals surface area contributed by atoms with Gasteiger partial charge in [0.15, 0.2) is 0 Å². The fourth-order valence-electron chi connectivity index (χ4n) is 4.01. The van der Waals surface area contributed by atoms with Gasteiger partial charge in [-0.05, 0) is 48.8 Å². The Bertz CT molecular complexity index is 904. The highest BCUT2D eigenvalue weighted by Gasteiger charge is 2.36. The average Bonchev–Trinajstić information content (AvgIpc) is 3.14. The first-order valence-electron chi connectivity index (χ1n) is 10.7. The Balaban J connectivity index is 1.74. The van der Waals surface area contributed by atoms with Gasteiger partial charge >= 0.3 is 6.18 Å². The minimum atomic E-state index is -4.72. The van der Waals surface area contributed by atoms with E-state index in [1.807, 2.05) is 6.07 Å². The highest BCUT2D eigenvalue weighted by atomic mass is 19.4. The van der Waals surface area contributed by atoms with Crippen molar-refractivity contribution in [1.29, 1.82) is 0 Å². The third kappa shape index (κ3) is 5.99. The number of hydrogen-bond acceptors (Lipinski definition) is 3. The van der Waals surface area contributed by atoms with E-state index >= 15 is 0 Å². The van der Waals surface area contributed by atoms with Crippen molar-refractivity contribution in [2.75, 3.05) is 11.9 Å². The topological polar surface area (TPSA) is 37.0 Å². The maximum absolute atomic E-state index is 14.1. The Morgan fingerprint density at radius 1 is 1.23 bits per heavy atom. The smallest absolute Gasteiger partial charge is 0.385 e. The van der Waals surface area contributed by atoms with Crippen LogP contribution in [-0.4, -0.2) is 17.7 Å². The molecule has 7 heteroatoms. The van der Waals surface area contributed by atoms with E-state index in [1.54, 1.807) is 6.20 Å². The minimum absolute atomic E-state index is 0.0297. The fraction of sp³-hybridized carbons (Fsp3) is 0.458. The summed E-state index contributed by atoms with van der Waals surface area (Å²) in [4.78, 5) is 4.40. The summed E-state index contributed by atoms with van der Waals surface area (Å²) in [7, 11) is 0. The van der Waals surface area contributed by atoms with Gasteiger partial charge in [-0.15, -0.1) is 0 Å². The molecule has 2 N–H and O–H groups in total. The summed E-state index contributed by atoms with van der Waals surface area (Å²) >= 11 is 0. The molecule has 0 radical (unpaired) electrons. The van der Waals surface area contributed by atoms with Gasteiger partial charge in [0.2, 0.25) is 0 Å². The molecule has 31 heavy (non-hydrogen) atoms. The summed E-state index contributed by atoms with van der Waals surface area (Å²) in [6.07, 6.45) is 5.20. The molecule has 2 aliphatic rings. The van der Waals surface area contributed by atoms with Crippen molar-refractivity contribution in [3.8, 4) is 0 Å². The summed E-state index contributed by atoms with van der Waals surface area (Å²) in [5, 5.41) is 6.38. The van der Waals surface area contributed by atoms with E-state index in [4.69, 9.17) is 0 Å². The molecule has 0 unspecified atom stereocenters. The van der Waals surface area contributed by atoms with Crippen LogP contribution < -0.4 is 10.6 Å². The van der Waals surface area contributed by atoms with E-state index in [-0.39, 0.29) is 18.0 Å². The standard InChI is InChI=1S/C24H29F4N3/c1-15(2)19-12-23(30-14-20(19)16(3)29-13-17-7-4-5-8-17)31-18-9-6-10-21(22(25)11-18)24(26,27)28/h9-12,14-15,17,29H,3-8,13H2,1-2H3,(H,30,31). The molecule has 1 aromatic rings. The first kappa shape index (κ1) is 23.1. The lowest BCUT2D eigenvalue weighted by Crippen LogP contribution is -2.20. The Kier molecular flexibility index (Phi) is 7.23. The summed E-state index contributed by atoms with van der Waals surface area (Å²) in [5.41, 5.74) is 1.72. The molecule has 1 fully saturated rings. The molecular formula is C24H29F4N3. The zero-order chi connectivity index (χ0) is 22.6. The summed E-state index contributed by atoms with van der Waals surface area (Å²) < 4.78 is 52.9. The van der Waals surface area contributed by atoms with E-state index < -0.39 is 17.6 Å². The molecule has 0 saturated heterocycles. The van der Waals surface area contributed by atoms with Crippen molar-refractivity contribution in [3.05, 3.63) is 65.3 Å². The molecule has 0 amide bonds. The van der Waals surface area contributed by atoms with Crippen LogP contribution in [0.5, 0.6) is 0 Å². The third-order valence-electron chi connectivity index (χ3n) is 5.74. The normalized spacial score (nSPS) is 17.7. The second-order valence-electron chi connectivity index (χ2n) is 8.45. The Morgan fingerprint density at radius 3 is 2.58 bits per heavy atom. The minimum Gasteiger partial charge on any atom is -0.385 e. The van der Waals surface area contributed by atoms with Crippen LogP contribution in [-0.2, 0) is 0 Å². The molecule has 2 aliphatic carbocycles. The van der Waals surface area contributed by atoms with E-state index in [0.717, 1.165) is 35.5 Å². The van der Waals surface area contributed by atoms with Gasteiger partial charge < -0.3 is 10.6 Å². The van der Waals surface area contributed by atoms with E-state index in [9.17, 15) is 17.6 Å². The van der Waals surface area contributed by atoms with Crippen LogP contribution in [0.25, 0.3) is 5.70 Å². The molecule has 168 valence electrons. The molecule has 3 nitrogen and oxygen atoms in total. The molecule has 1 saturated carbocycles. The SMILES string of the molecule is C=C(NCC1CCCC1)c1cnc(NC2=CCC=C(C(F)(F)F)C(F)=C2)cc1C(C)C. The quantitative estimate of drug-likeness (QED) is 0.453. The van der Waals surface area contributed by atoms with Crippen molar-refractivity contribution < 1.29 is 17.6 Å². The molecule has 0 bridgehead atoms. The van der Waals surface area contributed by atoms with Gasteiger partial charge in [-0.25, -0.2) is 9.37 Å². The Morgan fingerprint density at radius 2 is 1.94 bits per heavy atom. The van der Waals surface area contributed by atoms with Crippen molar-refractivity contribution in [2.45, 2.75) is 58.0 Å². The van der Waals surface area contributed by atoms with Crippen LogP contribution in [0.1, 0.15) is 63.0 Å². The molecule has 1 aromatic heterocycles. The van der Waals surface area contributed by atoms with Crippen molar-refractivity contribution in [2.24, 2.45) is 5.92 Å². The van der Waals surface area contributed by atoms with Crippen LogP contribution in [0.15, 0.2) is 54.2 Å². The molecular weight excluding hydrogens is 406 g/mol. The lowest BCUT2D eigenvalue weighted by molar-refractivity contribution is -0.0912. The number of pyridine rings is 1. The van der Waals surface area contributed by atoms with Gasteiger partial charge in [-0.3, -0.25) is 0 Å². The number of halogens is 4. The van der Waals surface area contributed by atoms with Crippen molar-refractivity contribution in [3.63, 3.8) is 0 Å². The predicted octanol–water partition coefficient (Wildman–Crippen LogP) is 7.00. The maximum Gasteiger partial charge on any atom is 0.418 e.